The number of ether oxygens (including phenoxy) is 2. The van der Waals surface area contributed by atoms with E-state index < -0.39 is 6.29 Å². The highest BCUT2D eigenvalue weighted by Crippen LogP contribution is 2.08. The predicted octanol–water partition coefficient (Wildman–Crippen LogP) is 1.49. The van der Waals surface area contributed by atoms with Crippen molar-refractivity contribution in [2.24, 2.45) is 0 Å². The van der Waals surface area contributed by atoms with Crippen molar-refractivity contribution >= 4 is 5.69 Å². The molecular formula is C14H25N3O3. The third kappa shape index (κ3) is 4.61. The first-order valence-corrected chi connectivity index (χ1v) is 7.21. The van der Waals surface area contributed by atoms with Gasteiger partial charge < -0.3 is 14.4 Å². The number of hydrogen-bond donors (Lipinski definition) is 0. The molecule has 1 heterocycles. The Morgan fingerprint density at radius 1 is 1.20 bits per heavy atom. The second-order valence-electron chi connectivity index (χ2n) is 4.25. The third-order valence-corrected chi connectivity index (χ3v) is 3.01. The number of rotatable bonds is 9. The van der Waals surface area contributed by atoms with Gasteiger partial charge in [0.15, 0.2) is 6.29 Å². The molecule has 0 amide bonds. The second kappa shape index (κ2) is 8.71. The van der Waals surface area contributed by atoms with Gasteiger partial charge in [-0.25, -0.2) is 4.68 Å². The molecule has 0 aliphatic heterocycles. The lowest BCUT2D eigenvalue weighted by Gasteiger charge is -2.21. The summed E-state index contributed by atoms with van der Waals surface area (Å²) in [4.78, 5) is 14.2. The van der Waals surface area contributed by atoms with Gasteiger partial charge in [0.1, 0.15) is 0 Å². The van der Waals surface area contributed by atoms with Crippen molar-refractivity contribution in [1.29, 1.82) is 0 Å². The Morgan fingerprint density at radius 2 is 1.80 bits per heavy atom. The van der Waals surface area contributed by atoms with Crippen LogP contribution in [0.3, 0.4) is 0 Å². The van der Waals surface area contributed by atoms with E-state index in [4.69, 9.17) is 9.47 Å². The van der Waals surface area contributed by atoms with Gasteiger partial charge in [0.2, 0.25) is 0 Å². The molecule has 0 aromatic carbocycles. The van der Waals surface area contributed by atoms with E-state index in [1.165, 1.54) is 4.68 Å². The normalized spacial score (nSPS) is 11.1. The van der Waals surface area contributed by atoms with E-state index >= 15 is 0 Å². The van der Waals surface area contributed by atoms with Gasteiger partial charge in [-0.15, -0.1) is 0 Å². The summed E-state index contributed by atoms with van der Waals surface area (Å²) in [5.74, 6) is 0. The van der Waals surface area contributed by atoms with E-state index in [2.05, 4.69) is 23.8 Å². The van der Waals surface area contributed by atoms with Gasteiger partial charge >= 0.3 is 0 Å². The zero-order valence-corrected chi connectivity index (χ0v) is 12.8. The van der Waals surface area contributed by atoms with Crippen LogP contribution in [0.1, 0.15) is 27.7 Å². The molecule has 6 nitrogen and oxygen atoms in total. The SMILES string of the molecule is CCOC(Cn1ncc(N(CC)CC)cc1=O)OCC. The van der Waals surface area contributed by atoms with E-state index in [0.29, 0.717) is 19.8 Å². The van der Waals surface area contributed by atoms with Gasteiger partial charge in [0.05, 0.1) is 18.4 Å². The third-order valence-electron chi connectivity index (χ3n) is 3.01. The predicted molar refractivity (Wildman–Crippen MR) is 79.1 cm³/mol. The molecule has 0 atom stereocenters. The van der Waals surface area contributed by atoms with Crippen molar-refractivity contribution in [2.45, 2.75) is 40.5 Å². The molecule has 0 saturated heterocycles. The minimum atomic E-state index is -0.436. The first-order valence-electron chi connectivity index (χ1n) is 7.21. The van der Waals surface area contributed by atoms with Gasteiger partial charge in [-0.2, -0.15) is 5.10 Å². The molecule has 6 heteroatoms. The minimum absolute atomic E-state index is 0.140. The first kappa shape index (κ1) is 16.7. The molecule has 0 unspecified atom stereocenters. The zero-order chi connectivity index (χ0) is 15.0. The Hall–Kier alpha value is -1.40. The highest BCUT2D eigenvalue weighted by atomic mass is 16.7. The maximum atomic E-state index is 12.1. The molecule has 0 aliphatic rings. The topological polar surface area (TPSA) is 56.6 Å². The largest absolute Gasteiger partial charge is 0.371 e. The fourth-order valence-corrected chi connectivity index (χ4v) is 1.99. The Kier molecular flexibility index (Phi) is 7.25. The molecule has 0 radical (unpaired) electrons. The number of anilines is 1. The Labute approximate surface area is 120 Å². The van der Waals surface area contributed by atoms with Crippen LogP contribution in [0.2, 0.25) is 0 Å². The summed E-state index contributed by atoms with van der Waals surface area (Å²) in [5.41, 5.74) is 0.708. The Morgan fingerprint density at radius 3 is 2.25 bits per heavy atom. The van der Waals surface area contributed by atoms with Crippen molar-refractivity contribution < 1.29 is 9.47 Å². The standard InChI is InChI=1S/C14H25N3O3/c1-5-16(6-2)12-9-13(18)17(15-10-12)11-14(19-7-3)20-8-4/h9-10,14H,5-8,11H2,1-4H3. The van der Waals surface area contributed by atoms with Gasteiger partial charge in [0, 0.05) is 32.4 Å². The van der Waals surface area contributed by atoms with E-state index in [9.17, 15) is 4.79 Å². The smallest absolute Gasteiger partial charge is 0.268 e. The van der Waals surface area contributed by atoms with Crippen LogP contribution >= 0.6 is 0 Å². The lowest BCUT2D eigenvalue weighted by atomic mass is 10.4. The van der Waals surface area contributed by atoms with Crippen LogP contribution in [-0.4, -0.2) is 42.4 Å². The molecule has 0 aliphatic carbocycles. The molecule has 0 bridgehead atoms. The maximum Gasteiger partial charge on any atom is 0.268 e. The summed E-state index contributed by atoms with van der Waals surface area (Å²) < 4.78 is 12.2. The van der Waals surface area contributed by atoms with Crippen molar-refractivity contribution in [1.82, 2.24) is 9.78 Å². The van der Waals surface area contributed by atoms with Gasteiger partial charge in [-0.1, -0.05) is 0 Å². The summed E-state index contributed by atoms with van der Waals surface area (Å²) in [5, 5.41) is 4.20. The number of aromatic nitrogens is 2. The molecule has 20 heavy (non-hydrogen) atoms. The fourth-order valence-electron chi connectivity index (χ4n) is 1.99. The molecule has 1 rings (SSSR count). The highest BCUT2D eigenvalue weighted by molar-refractivity contribution is 5.42. The van der Waals surface area contributed by atoms with Gasteiger partial charge in [0.25, 0.3) is 5.56 Å². The first-order chi connectivity index (χ1) is 9.65. The van der Waals surface area contributed by atoms with Crippen molar-refractivity contribution in [3.05, 3.63) is 22.6 Å². The van der Waals surface area contributed by atoms with Crippen LogP contribution in [-0.2, 0) is 16.0 Å². The maximum absolute atomic E-state index is 12.1. The van der Waals surface area contributed by atoms with Crippen LogP contribution < -0.4 is 10.5 Å². The van der Waals surface area contributed by atoms with Crippen LogP contribution in [0.5, 0.6) is 0 Å². The molecule has 0 fully saturated rings. The second-order valence-corrected chi connectivity index (χ2v) is 4.25. The van der Waals surface area contributed by atoms with E-state index in [1.807, 2.05) is 13.8 Å². The summed E-state index contributed by atoms with van der Waals surface area (Å²) in [7, 11) is 0. The van der Waals surface area contributed by atoms with Crippen molar-refractivity contribution in [3.8, 4) is 0 Å². The van der Waals surface area contributed by atoms with E-state index in [-0.39, 0.29) is 5.56 Å². The summed E-state index contributed by atoms with van der Waals surface area (Å²) in [6.45, 7) is 11.0. The molecule has 0 spiro atoms. The lowest BCUT2D eigenvalue weighted by Crippen LogP contribution is -2.33. The van der Waals surface area contributed by atoms with Crippen LogP contribution in [0.25, 0.3) is 0 Å². The summed E-state index contributed by atoms with van der Waals surface area (Å²) in [6, 6.07) is 1.61. The summed E-state index contributed by atoms with van der Waals surface area (Å²) in [6.07, 6.45) is 1.28. The zero-order valence-electron chi connectivity index (χ0n) is 12.8. The van der Waals surface area contributed by atoms with Gasteiger partial charge in [-0.3, -0.25) is 4.79 Å². The fraction of sp³-hybridized carbons (Fsp3) is 0.714. The van der Waals surface area contributed by atoms with Gasteiger partial charge in [-0.05, 0) is 27.7 Å². The number of nitrogens with zero attached hydrogens (tertiary/aromatic N) is 3. The van der Waals surface area contributed by atoms with Crippen molar-refractivity contribution in [2.75, 3.05) is 31.2 Å². The molecule has 1 aromatic heterocycles. The van der Waals surface area contributed by atoms with Crippen LogP contribution in [0.4, 0.5) is 5.69 Å². The van der Waals surface area contributed by atoms with E-state index in [1.54, 1.807) is 12.3 Å². The lowest BCUT2D eigenvalue weighted by molar-refractivity contribution is -0.145. The quantitative estimate of drug-likeness (QED) is 0.643. The van der Waals surface area contributed by atoms with Crippen molar-refractivity contribution in [3.63, 3.8) is 0 Å². The Bertz CT molecular complexity index is 438. The average molecular weight is 283 g/mol. The average Bonchev–Trinajstić information content (AvgIpc) is 2.43. The summed E-state index contributed by atoms with van der Waals surface area (Å²) >= 11 is 0. The molecule has 1 aromatic rings. The molecule has 0 saturated carbocycles. The van der Waals surface area contributed by atoms with Crippen LogP contribution in [0, 0.1) is 0 Å². The van der Waals surface area contributed by atoms with E-state index in [0.717, 1.165) is 18.8 Å². The number of hydrogen-bond acceptors (Lipinski definition) is 5. The Balaban J connectivity index is 2.84. The monoisotopic (exact) mass is 283 g/mol. The highest BCUT2D eigenvalue weighted by Gasteiger charge is 2.12. The molecule has 114 valence electrons. The molecule has 0 N–H and O–H groups in total. The molecular weight excluding hydrogens is 258 g/mol. The minimum Gasteiger partial charge on any atom is -0.371 e. The van der Waals surface area contributed by atoms with Crippen LogP contribution in [0.15, 0.2) is 17.1 Å².